The second-order valence-corrected chi connectivity index (χ2v) is 4.48. The van der Waals surface area contributed by atoms with Gasteiger partial charge in [-0.05, 0) is 37.1 Å². The van der Waals surface area contributed by atoms with Crippen molar-refractivity contribution in [2.75, 3.05) is 5.73 Å². The highest BCUT2D eigenvalue weighted by molar-refractivity contribution is 5.95. The van der Waals surface area contributed by atoms with Crippen LogP contribution < -0.4 is 11.1 Å². The normalized spacial score (nSPS) is 14.0. The lowest BCUT2D eigenvalue weighted by Crippen LogP contribution is -2.51. The molecular formula is C14H18N2O3. The summed E-state index contributed by atoms with van der Waals surface area (Å²) in [5, 5.41) is 11.5. The molecule has 4 N–H and O–H groups in total. The van der Waals surface area contributed by atoms with E-state index >= 15 is 0 Å². The Bertz CT molecular complexity index is 511. The molecule has 1 unspecified atom stereocenters. The van der Waals surface area contributed by atoms with Crippen molar-refractivity contribution in [1.29, 1.82) is 0 Å². The van der Waals surface area contributed by atoms with E-state index in [2.05, 4.69) is 5.32 Å². The summed E-state index contributed by atoms with van der Waals surface area (Å²) in [6.45, 7) is 3.18. The van der Waals surface area contributed by atoms with Gasteiger partial charge in [-0.15, -0.1) is 0 Å². The number of benzene rings is 1. The molecule has 0 spiro atoms. The van der Waals surface area contributed by atoms with Gasteiger partial charge in [0.25, 0.3) is 0 Å². The van der Waals surface area contributed by atoms with Crippen molar-refractivity contribution >= 4 is 23.6 Å². The predicted octanol–water partition coefficient (Wildman–Crippen LogP) is 1.65. The fraction of sp³-hybridized carbons (Fsp3) is 0.286. The lowest BCUT2D eigenvalue weighted by atomic mass is 9.99. The summed E-state index contributed by atoms with van der Waals surface area (Å²) in [6.07, 6.45) is 3.19. The standard InChI is InChI=1S/C14H18N2O3/c1-3-14(2,13(18)19)16-12(17)8-7-10-5-4-6-11(15)9-10/h4-9H,3,15H2,1-2H3,(H,16,17)(H,18,19)/b8-7+. The summed E-state index contributed by atoms with van der Waals surface area (Å²) in [5.74, 6) is -1.50. The largest absolute Gasteiger partial charge is 0.480 e. The Labute approximate surface area is 112 Å². The van der Waals surface area contributed by atoms with Gasteiger partial charge >= 0.3 is 5.97 Å². The second kappa shape index (κ2) is 6.04. The highest BCUT2D eigenvalue weighted by Crippen LogP contribution is 2.10. The second-order valence-electron chi connectivity index (χ2n) is 4.48. The fourth-order valence-electron chi connectivity index (χ4n) is 1.44. The Balaban J connectivity index is 2.73. The van der Waals surface area contributed by atoms with Crippen molar-refractivity contribution in [1.82, 2.24) is 5.32 Å². The van der Waals surface area contributed by atoms with Crippen LogP contribution in [0.4, 0.5) is 5.69 Å². The van der Waals surface area contributed by atoms with E-state index in [9.17, 15) is 9.59 Å². The van der Waals surface area contributed by atoms with E-state index in [0.717, 1.165) is 5.56 Å². The summed E-state index contributed by atoms with van der Waals surface area (Å²) in [4.78, 5) is 22.7. The number of carbonyl (C=O) groups excluding carboxylic acids is 1. The smallest absolute Gasteiger partial charge is 0.329 e. The summed E-state index contributed by atoms with van der Waals surface area (Å²) in [6, 6.07) is 7.05. The quantitative estimate of drug-likeness (QED) is 0.555. The zero-order chi connectivity index (χ0) is 14.5. The molecule has 1 aromatic carbocycles. The van der Waals surface area contributed by atoms with Crippen molar-refractivity contribution in [2.24, 2.45) is 0 Å². The molecule has 19 heavy (non-hydrogen) atoms. The van der Waals surface area contributed by atoms with Gasteiger partial charge in [-0.25, -0.2) is 4.79 Å². The van der Waals surface area contributed by atoms with E-state index in [1.165, 1.54) is 13.0 Å². The van der Waals surface area contributed by atoms with Crippen LogP contribution >= 0.6 is 0 Å². The van der Waals surface area contributed by atoms with E-state index < -0.39 is 17.4 Å². The number of amides is 1. The molecule has 0 saturated heterocycles. The van der Waals surface area contributed by atoms with Crippen LogP contribution in [0.1, 0.15) is 25.8 Å². The molecule has 1 aromatic rings. The molecule has 0 aliphatic rings. The van der Waals surface area contributed by atoms with Gasteiger partial charge in [0.05, 0.1) is 0 Å². The Morgan fingerprint density at radius 2 is 2.16 bits per heavy atom. The van der Waals surface area contributed by atoms with Gasteiger partial charge in [0, 0.05) is 11.8 Å². The topological polar surface area (TPSA) is 92.4 Å². The van der Waals surface area contributed by atoms with Crippen molar-refractivity contribution in [2.45, 2.75) is 25.8 Å². The summed E-state index contributed by atoms with van der Waals surface area (Å²) in [7, 11) is 0. The molecule has 0 bridgehead atoms. The van der Waals surface area contributed by atoms with Crippen LogP contribution in [0.2, 0.25) is 0 Å². The van der Waals surface area contributed by atoms with Crippen LogP contribution in [-0.4, -0.2) is 22.5 Å². The van der Waals surface area contributed by atoms with E-state index in [1.807, 2.05) is 0 Å². The van der Waals surface area contributed by atoms with Gasteiger partial charge in [-0.3, -0.25) is 4.79 Å². The lowest BCUT2D eigenvalue weighted by molar-refractivity contribution is -0.146. The lowest BCUT2D eigenvalue weighted by Gasteiger charge is -2.23. The highest BCUT2D eigenvalue weighted by Gasteiger charge is 2.31. The van der Waals surface area contributed by atoms with Gasteiger partial charge in [-0.1, -0.05) is 19.1 Å². The molecule has 1 atom stereocenters. The maximum absolute atomic E-state index is 11.7. The van der Waals surface area contributed by atoms with Crippen molar-refractivity contribution in [3.63, 3.8) is 0 Å². The SMILES string of the molecule is CCC(C)(NC(=O)/C=C/c1cccc(N)c1)C(=O)O. The molecule has 5 nitrogen and oxygen atoms in total. The molecule has 0 aliphatic heterocycles. The van der Waals surface area contributed by atoms with Gasteiger partial charge in [0.1, 0.15) is 5.54 Å². The van der Waals surface area contributed by atoms with E-state index in [4.69, 9.17) is 10.8 Å². The molecule has 0 aromatic heterocycles. The first-order valence-electron chi connectivity index (χ1n) is 5.96. The Morgan fingerprint density at radius 3 is 2.68 bits per heavy atom. The van der Waals surface area contributed by atoms with Gasteiger partial charge < -0.3 is 16.2 Å². The van der Waals surface area contributed by atoms with Crippen LogP contribution in [-0.2, 0) is 9.59 Å². The summed E-state index contributed by atoms with van der Waals surface area (Å²) < 4.78 is 0. The van der Waals surface area contributed by atoms with E-state index in [-0.39, 0.29) is 0 Å². The van der Waals surface area contributed by atoms with Crippen LogP contribution in [0.5, 0.6) is 0 Å². The summed E-state index contributed by atoms with van der Waals surface area (Å²) in [5.41, 5.74) is 5.75. The number of aliphatic carboxylic acids is 1. The molecule has 0 aliphatic carbocycles. The zero-order valence-corrected chi connectivity index (χ0v) is 11.0. The minimum absolute atomic E-state index is 0.306. The molecule has 1 rings (SSSR count). The Hall–Kier alpha value is -2.30. The first-order chi connectivity index (χ1) is 8.87. The molecule has 0 radical (unpaired) electrons. The first kappa shape index (κ1) is 14.8. The Morgan fingerprint density at radius 1 is 1.47 bits per heavy atom. The minimum atomic E-state index is -1.25. The number of carboxylic acids is 1. The van der Waals surface area contributed by atoms with Crippen molar-refractivity contribution in [3.05, 3.63) is 35.9 Å². The van der Waals surface area contributed by atoms with Crippen LogP contribution in [0, 0.1) is 0 Å². The molecule has 0 fully saturated rings. The number of nitrogen functional groups attached to an aromatic ring is 1. The third-order valence-electron chi connectivity index (χ3n) is 2.92. The van der Waals surface area contributed by atoms with Crippen molar-refractivity contribution < 1.29 is 14.7 Å². The fourth-order valence-corrected chi connectivity index (χ4v) is 1.44. The number of hydrogen-bond acceptors (Lipinski definition) is 3. The summed E-state index contributed by atoms with van der Waals surface area (Å²) >= 11 is 0. The van der Waals surface area contributed by atoms with Gasteiger partial charge in [0.2, 0.25) is 5.91 Å². The monoisotopic (exact) mass is 262 g/mol. The molecule has 0 heterocycles. The highest BCUT2D eigenvalue weighted by atomic mass is 16.4. The van der Waals surface area contributed by atoms with Crippen LogP contribution in [0.3, 0.4) is 0 Å². The van der Waals surface area contributed by atoms with Gasteiger partial charge in [-0.2, -0.15) is 0 Å². The zero-order valence-electron chi connectivity index (χ0n) is 11.0. The number of anilines is 1. The first-order valence-corrected chi connectivity index (χ1v) is 5.96. The van der Waals surface area contributed by atoms with E-state index in [0.29, 0.717) is 12.1 Å². The maximum Gasteiger partial charge on any atom is 0.329 e. The van der Waals surface area contributed by atoms with Crippen LogP contribution in [0.15, 0.2) is 30.3 Å². The molecule has 102 valence electrons. The number of carboxylic acid groups (broad SMARTS) is 1. The van der Waals surface area contributed by atoms with Crippen molar-refractivity contribution in [3.8, 4) is 0 Å². The third-order valence-corrected chi connectivity index (χ3v) is 2.92. The molecular weight excluding hydrogens is 244 g/mol. The minimum Gasteiger partial charge on any atom is -0.480 e. The number of nitrogens with one attached hydrogen (secondary N) is 1. The Kier molecular flexibility index (Phi) is 4.69. The molecule has 5 heteroatoms. The number of nitrogens with two attached hydrogens (primary N) is 1. The number of rotatable bonds is 5. The van der Waals surface area contributed by atoms with Gasteiger partial charge in [0.15, 0.2) is 0 Å². The number of carbonyl (C=O) groups is 2. The third kappa shape index (κ3) is 4.13. The average molecular weight is 262 g/mol. The van der Waals surface area contributed by atoms with Crippen LogP contribution in [0.25, 0.3) is 6.08 Å². The maximum atomic E-state index is 11.7. The average Bonchev–Trinajstić information content (AvgIpc) is 2.36. The molecule has 1 amide bonds. The van der Waals surface area contributed by atoms with E-state index in [1.54, 1.807) is 37.3 Å². The molecule has 0 saturated carbocycles. The predicted molar refractivity (Wildman–Crippen MR) is 74.4 cm³/mol. The number of hydrogen-bond donors (Lipinski definition) is 3.